The Labute approximate surface area is 118 Å². The molecule has 3 unspecified atom stereocenters. The molecular weight excluding hydrogens is 236 g/mol. The molecule has 2 fully saturated rings. The Bertz CT molecular complexity index is 290. The molecule has 3 nitrogen and oxygen atoms in total. The Morgan fingerprint density at radius 1 is 1.26 bits per heavy atom. The number of rotatable bonds is 7. The second-order valence-corrected chi connectivity index (χ2v) is 7.40. The third-order valence-electron chi connectivity index (χ3n) is 5.06. The second kappa shape index (κ2) is 6.11. The second-order valence-electron chi connectivity index (χ2n) is 7.40. The van der Waals surface area contributed by atoms with Crippen LogP contribution < -0.4 is 5.32 Å². The van der Waals surface area contributed by atoms with Gasteiger partial charge < -0.3 is 15.3 Å². The molecule has 0 aromatic carbocycles. The van der Waals surface area contributed by atoms with Gasteiger partial charge in [0.05, 0.1) is 6.61 Å². The summed E-state index contributed by atoms with van der Waals surface area (Å²) < 4.78 is 0. The molecule has 2 aliphatic rings. The molecule has 0 aliphatic heterocycles. The van der Waals surface area contributed by atoms with E-state index in [0.29, 0.717) is 24.7 Å². The Morgan fingerprint density at radius 2 is 1.95 bits per heavy atom. The minimum absolute atomic E-state index is 0.0116. The Balaban J connectivity index is 1.88. The van der Waals surface area contributed by atoms with E-state index in [0.717, 1.165) is 18.8 Å². The summed E-state index contributed by atoms with van der Waals surface area (Å²) in [6, 6.07) is 1.96. The lowest BCUT2D eigenvalue weighted by Gasteiger charge is -2.34. The summed E-state index contributed by atoms with van der Waals surface area (Å²) in [5.41, 5.74) is 0.0116. The van der Waals surface area contributed by atoms with Gasteiger partial charge in [0.15, 0.2) is 0 Å². The van der Waals surface area contributed by atoms with Crippen molar-refractivity contribution in [3.05, 3.63) is 0 Å². The summed E-state index contributed by atoms with van der Waals surface area (Å²) in [5, 5.41) is 13.5. The number of nitrogens with zero attached hydrogens (tertiary/aromatic N) is 1. The highest BCUT2D eigenvalue weighted by atomic mass is 16.3. The molecule has 2 N–H and O–H groups in total. The third kappa shape index (κ3) is 3.93. The molecule has 2 aliphatic carbocycles. The summed E-state index contributed by atoms with van der Waals surface area (Å²) in [5.74, 6) is 0.756. The van der Waals surface area contributed by atoms with Crippen molar-refractivity contribution in [1.82, 2.24) is 10.2 Å². The van der Waals surface area contributed by atoms with E-state index in [1.54, 1.807) is 0 Å². The summed E-state index contributed by atoms with van der Waals surface area (Å²) in [7, 11) is 2.27. The Hall–Kier alpha value is -0.120. The molecule has 0 heterocycles. The van der Waals surface area contributed by atoms with Crippen LogP contribution in [0.3, 0.4) is 0 Å². The highest BCUT2D eigenvalue weighted by Gasteiger charge is 2.43. The molecule has 112 valence electrons. The summed E-state index contributed by atoms with van der Waals surface area (Å²) in [4.78, 5) is 2.55. The lowest BCUT2D eigenvalue weighted by Crippen LogP contribution is -2.49. The first-order valence-corrected chi connectivity index (χ1v) is 8.06. The molecule has 0 aromatic rings. The molecule has 19 heavy (non-hydrogen) atoms. The first kappa shape index (κ1) is 15.3. The minimum atomic E-state index is 0.0116. The number of aliphatic hydroxyl groups excluding tert-OH is 1. The van der Waals surface area contributed by atoms with E-state index in [1.165, 1.54) is 25.7 Å². The van der Waals surface area contributed by atoms with Crippen molar-refractivity contribution in [2.75, 3.05) is 13.7 Å². The van der Waals surface area contributed by atoms with E-state index in [9.17, 15) is 5.11 Å². The van der Waals surface area contributed by atoms with Crippen molar-refractivity contribution in [3.8, 4) is 0 Å². The summed E-state index contributed by atoms with van der Waals surface area (Å²) >= 11 is 0. The topological polar surface area (TPSA) is 35.5 Å². The predicted octanol–water partition coefficient (Wildman–Crippen LogP) is 2.39. The first-order chi connectivity index (χ1) is 8.96. The quantitative estimate of drug-likeness (QED) is 0.744. The van der Waals surface area contributed by atoms with Crippen LogP contribution >= 0.6 is 0 Å². The van der Waals surface area contributed by atoms with Crippen molar-refractivity contribution in [2.45, 2.75) is 83.0 Å². The van der Waals surface area contributed by atoms with Gasteiger partial charge in [0.25, 0.3) is 0 Å². The fraction of sp³-hybridized carbons (Fsp3) is 1.00. The van der Waals surface area contributed by atoms with E-state index < -0.39 is 0 Å². The fourth-order valence-electron chi connectivity index (χ4n) is 3.64. The molecular formula is C16H32N2O. The average Bonchev–Trinajstić information content (AvgIpc) is 3.05. The number of hydrogen-bond acceptors (Lipinski definition) is 3. The lowest BCUT2D eigenvalue weighted by atomic mass is 9.97. The van der Waals surface area contributed by atoms with Gasteiger partial charge in [0.1, 0.15) is 0 Å². The van der Waals surface area contributed by atoms with Gasteiger partial charge in [-0.1, -0.05) is 13.8 Å². The van der Waals surface area contributed by atoms with Gasteiger partial charge >= 0.3 is 0 Å². The number of aliphatic hydroxyl groups is 1. The molecule has 2 saturated carbocycles. The van der Waals surface area contributed by atoms with Crippen LogP contribution in [-0.4, -0.2) is 47.3 Å². The number of hydrogen-bond donors (Lipinski definition) is 2. The van der Waals surface area contributed by atoms with E-state index >= 15 is 0 Å². The zero-order valence-electron chi connectivity index (χ0n) is 13.2. The molecule has 0 saturated heterocycles. The summed E-state index contributed by atoms with van der Waals surface area (Å²) in [6.45, 7) is 7.23. The highest BCUT2D eigenvalue weighted by molar-refractivity contribution is 5.03. The van der Waals surface area contributed by atoms with Crippen LogP contribution in [0.4, 0.5) is 0 Å². The van der Waals surface area contributed by atoms with Crippen molar-refractivity contribution in [2.24, 2.45) is 5.92 Å². The van der Waals surface area contributed by atoms with Crippen LogP contribution in [0.1, 0.15) is 59.3 Å². The molecule has 3 heteroatoms. The SMILES string of the molecule is CC(C)CC(C)N(C)C1CCC(CO)(NC2CC2)C1. The van der Waals surface area contributed by atoms with Gasteiger partial charge in [-0.2, -0.15) is 0 Å². The zero-order valence-corrected chi connectivity index (χ0v) is 13.2. The molecule has 0 aromatic heterocycles. The highest BCUT2D eigenvalue weighted by Crippen LogP contribution is 2.36. The van der Waals surface area contributed by atoms with Gasteiger partial charge in [-0.15, -0.1) is 0 Å². The third-order valence-corrected chi connectivity index (χ3v) is 5.06. The predicted molar refractivity (Wildman–Crippen MR) is 80.3 cm³/mol. The fourth-order valence-corrected chi connectivity index (χ4v) is 3.64. The van der Waals surface area contributed by atoms with Gasteiger partial charge in [-0.05, 0) is 58.4 Å². The monoisotopic (exact) mass is 268 g/mol. The lowest BCUT2D eigenvalue weighted by molar-refractivity contribution is 0.130. The maximum atomic E-state index is 9.80. The zero-order chi connectivity index (χ0) is 14.0. The Morgan fingerprint density at radius 3 is 2.47 bits per heavy atom. The molecule has 3 atom stereocenters. The van der Waals surface area contributed by atoms with Crippen LogP contribution in [-0.2, 0) is 0 Å². The van der Waals surface area contributed by atoms with Crippen molar-refractivity contribution in [3.63, 3.8) is 0 Å². The van der Waals surface area contributed by atoms with Crippen LogP contribution in [0.15, 0.2) is 0 Å². The van der Waals surface area contributed by atoms with Gasteiger partial charge in [0, 0.05) is 23.7 Å². The molecule has 2 rings (SSSR count). The minimum Gasteiger partial charge on any atom is -0.394 e. The van der Waals surface area contributed by atoms with Gasteiger partial charge in [-0.25, -0.2) is 0 Å². The molecule has 0 radical (unpaired) electrons. The van der Waals surface area contributed by atoms with Crippen LogP contribution in [0.2, 0.25) is 0 Å². The van der Waals surface area contributed by atoms with E-state index in [-0.39, 0.29) is 5.54 Å². The smallest absolute Gasteiger partial charge is 0.0614 e. The average molecular weight is 268 g/mol. The van der Waals surface area contributed by atoms with Crippen LogP contribution in [0.25, 0.3) is 0 Å². The van der Waals surface area contributed by atoms with E-state index in [4.69, 9.17) is 0 Å². The largest absolute Gasteiger partial charge is 0.394 e. The van der Waals surface area contributed by atoms with Gasteiger partial charge in [0.2, 0.25) is 0 Å². The number of nitrogens with one attached hydrogen (secondary N) is 1. The normalized spacial score (nSPS) is 33.3. The van der Waals surface area contributed by atoms with Crippen LogP contribution in [0, 0.1) is 5.92 Å². The van der Waals surface area contributed by atoms with Crippen molar-refractivity contribution in [1.29, 1.82) is 0 Å². The standard InChI is InChI=1S/C16H32N2O/c1-12(2)9-13(3)18(4)15-7-8-16(10-15,11-19)17-14-5-6-14/h12-15,17,19H,5-11H2,1-4H3. The summed E-state index contributed by atoms with van der Waals surface area (Å²) in [6.07, 6.45) is 7.31. The van der Waals surface area contributed by atoms with Gasteiger partial charge in [-0.3, -0.25) is 0 Å². The van der Waals surface area contributed by atoms with E-state index in [1.807, 2.05) is 0 Å². The van der Waals surface area contributed by atoms with Crippen LogP contribution in [0.5, 0.6) is 0 Å². The Kier molecular flexibility index (Phi) is 4.91. The molecule has 0 spiro atoms. The maximum Gasteiger partial charge on any atom is 0.0614 e. The van der Waals surface area contributed by atoms with Crippen molar-refractivity contribution < 1.29 is 5.11 Å². The van der Waals surface area contributed by atoms with E-state index in [2.05, 4.69) is 38.0 Å². The molecule has 0 bridgehead atoms. The maximum absolute atomic E-state index is 9.80. The molecule has 0 amide bonds. The first-order valence-electron chi connectivity index (χ1n) is 8.06. The van der Waals surface area contributed by atoms with Crippen molar-refractivity contribution >= 4 is 0 Å².